The summed E-state index contributed by atoms with van der Waals surface area (Å²) in [5, 5.41) is 28.0. The van der Waals surface area contributed by atoms with Gasteiger partial charge in [0.05, 0.1) is 6.04 Å². The highest BCUT2D eigenvalue weighted by Gasteiger charge is 2.33. The lowest BCUT2D eigenvalue weighted by Gasteiger charge is -2.27. The Kier molecular flexibility index (Phi) is 30.8. The van der Waals surface area contributed by atoms with Crippen molar-refractivity contribution >= 4 is 47.3 Å². The van der Waals surface area contributed by atoms with Gasteiger partial charge in [0.25, 0.3) is 0 Å². The first kappa shape index (κ1) is 58.6. The average Bonchev–Trinajstić information content (AvgIpc) is 3.21. The molecule has 0 aliphatic heterocycles. The lowest BCUT2D eigenvalue weighted by atomic mass is 10.0. The van der Waals surface area contributed by atoms with Crippen LogP contribution in [0.25, 0.3) is 0 Å². The van der Waals surface area contributed by atoms with E-state index in [0.29, 0.717) is 84.0 Å². The topological polar surface area (TPSA) is 371 Å². The smallest absolute Gasteiger partial charge is 0.326 e. The number of hydrogen-bond acceptors (Lipinski definition) is 13. The molecule has 0 radical (unpaired) electrons. The minimum absolute atomic E-state index is 0.0662. The van der Waals surface area contributed by atoms with Crippen molar-refractivity contribution in [2.75, 3.05) is 26.2 Å². The molecular weight excluding hydrogens is 817 g/mol. The van der Waals surface area contributed by atoms with Crippen LogP contribution in [0, 0.1) is 11.8 Å². The van der Waals surface area contributed by atoms with E-state index in [2.05, 4.69) is 37.2 Å². The summed E-state index contributed by atoms with van der Waals surface area (Å²) in [6.07, 6.45) is 5.81. The van der Waals surface area contributed by atoms with Crippen LogP contribution in [0.3, 0.4) is 0 Å². The fourth-order valence-electron chi connectivity index (χ4n) is 6.49. The van der Waals surface area contributed by atoms with Gasteiger partial charge < -0.3 is 71.0 Å². The van der Waals surface area contributed by atoms with E-state index >= 15 is 0 Å². The second-order valence-corrected chi connectivity index (χ2v) is 17.1. The van der Waals surface area contributed by atoms with Crippen LogP contribution in [0.5, 0.6) is 0 Å². The molecular formula is C42H82N12O9. The van der Waals surface area contributed by atoms with Gasteiger partial charge in [0.15, 0.2) is 0 Å². The molecule has 63 heavy (non-hydrogen) atoms. The van der Waals surface area contributed by atoms with Crippen LogP contribution < -0.4 is 65.9 Å². The van der Waals surface area contributed by atoms with E-state index in [4.69, 9.17) is 28.7 Å². The van der Waals surface area contributed by atoms with E-state index in [-0.39, 0.29) is 43.9 Å². The van der Waals surface area contributed by atoms with E-state index in [1.807, 2.05) is 27.7 Å². The van der Waals surface area contributed by atoms with Crippen LogP contribution in [0.2, 0.25) is 0 Å². The van der Waals surface area contributed by atoms with Gasteiger partial charge in [-0.1, -0.05) is 34.1 Å². The van der Waals surface area contributed by atoms with Gasteiger partial charge in [-0.05, 0) is 135 Å². The van der Waals surface area contributed by atoms with E-state index in [1.165, 1.54) is 13.8 Å². The largest absolute Gasteiger partial charge is 0.480 e. The maximum atomic E-state index is 13.8. The van der Waals surface area contributed by atoms with Gasteiger partial charge in [-0.25, -0.2) is 4.79 Å². The molecule has 8 atom stereocenters. The molecule has 0 fully saturated rings. The average molecular weight is 899 g/mol. The minimum atomic E-state index is -1.22. The summed E-state index contributed by atoms with van der Waals surface area (Å²) >= 11 is 0. The van der Waals surface area contributed by atoms with Gasteiger partial charge in [-0.3, -0.25) is 33.6 Å². The van der Waals surface area contributed by atoms with Crippen LogP contribution in [0.15, 0.2) is 0 Å². The number of carbonyl (C=O) groups excluding carboxylic acids is 7. The number of nitrogens with two attached hydrogens (primary N) is 5. The molecule has 0 spiro atoms. The van der Waals surface area contributed by atoms with Gasteiger partial charge in [0, 0.05) is 0 Å². The highest BCUT2D eigenvalue weighted by molar-refractivity contribution is 5.97. The highest BCUT2D eigenvalue weighted by Crippen LogP contribution is 2.11. The fourth-order valence-corrected chi connectivity index (χ4v) is 6.49. The number of rotatable bonds is 35. The zero-order chi connectivity index (χ0) is 48.1. The van der Waals surface area contributed by atoms with Crippen LogP contribution >= 0.6 is 0 Å². The molecule has 21 heteroatoms. The number of aliphatic carboxylic acids is 1. The van der Waals surface area contributed by atoms with Gasteiger partial charge in [-0.15, -0.1) is 0 Å². The number of carboxylic acids is 1. The quantitative estimate of drug-likeness (QED) is 0.0320. The Morgan fingerprint density at radius 1 is 0.381 bits per heavy atom. The predicted molar refractivity (Wildman–Crippen MR) is 241 cm³/mol. The van der Waals surface area contributed by atoms with Crippen molar-refractivity contribution in [1.82, 2.24) is 37.2 Å². The number of carboxylic acid groups (broad SMARTS) is 1. The Bertz CT molecular complexity index is 1420. The molecule has 0 aliphatic rings. The standard InChI is InChI=1S/C42H82N12O9/c1-25(2)23-33(41(61)49-28(6)36(56)52-32(42(62)63)18-10-14-22-46)53-38(58)30(16-8-12-20-44)50-35(55)27(5)48-40(60)34(24-26(3)4)54-39(59)31(17-9-13-21-45)51-37(57)29(47)15-7-11-19-43/h25-34H,7-24,43-47H2,1-6H3,(H,48,60)(H,49,61)(H,50,55)(H,51,57)(H,52,56)(H,53,58)(H,54,59)(H,62,63)/t27-,28-,29-,30-,31-,32-,33-,34-/m0/s1. The summed E-state index contributed by atoms with van der Waals surface area (Å²) in [5.41, 5.74) is 28.5. The molecule has 0 aromatic carbocycles. The Hall–Kier alpha value is -4.44. The minimum Gasteiger partial charge on any atom is -0.480 e. The number of unbranched alkanes of at least 4 members (excludes halogenated alkanes) is 4. The Morgan fingerprint density at radius 2 is 0.667 bits per heavy atom. The van der Waals surface area contributed by atoms with Crippen molar-refractivity contribution < 1.29 is 43.5 Å². The van der Waals surface area contributed by atoms with Crippen molar-refractivity contribution in [3.05, 3.63) is 0 Å². The van der Waals surface area contributed by atoms with Crippen LogP contribution in [-0.4, -0.2) is 127 Å². The molecule has 364 valence electrons. The Labute approximate surface area is 373 Å². The van der Waals surface area contributed by atoms with Crippen LogP contribution in [0.1, 0.15) is 131 Å². The monoisotopic (exact) mass is 899 g/mol. The SMILES string of the molecule is CC(C)C[C@H](NC(=O)[C@H](CCCCN)NC(=O)[C@H](C)NC(=O)[C@H](CC(C)C)NC(=O)[C@H](CCCCN)NC(=O)[C@@H](N)CCCCN)C(=O)N[C@@H](C)C(=O)N[C@@H](CCCCN)C(=O)O. The molecule has 0 unspecified atom stereocenters. The number of amides is 7. The molecule has 0 saturated heterocycles. The van der Waals surface area contributed by atoms with Crippen LogP contribution in [0.4, 0.5) is 0 Å². The van der Waals surface area contributed by atoms with Gasteiger partial charge in [0.1, 0.15) is 42.3 Å². The van der Waals surface area contributed by atoms with Gasteiger partial charge >= 0.3 is 5.97 Å². The molecule has 0 aromatic heterocycles. The van der Waals surface area contributed by atoms with Gasteiger partial charge in [0.2, 0.25) is 41.4 Å². The maximum Gasteiger partial charge on any atom is 0.326 e. The molecule has 0 rings (SSSR count). The summed E-state index contributed by atoms with van der Waals surface area (Å²) in [6, 6.07) is -8.72. The predicted octanol–water partition coefficient (Wildman–Crippen LogP) is -1.56. The summed E-state index contributed by atoms with van der Waals surface area (Å²) in [6.45, 7) is 11.7. The maximum absolute atomic E-state index is 13.8. The highest BCUT2D eigenvalue weighted by atomic mass is 16.4. The summed E-state index contributed by atoms with van der Waals surface area (Å²) in [5.74, 6) is -5.95. The lowest BCUT2D eigenvalue weighted by molar-refractivity contribution is -0.142. The normalized spacial score (nSPS) is 15.1. The molecule has 18 N–H and O–H groups in total. The number of nitrogens with one attached hydrogen (secondary N) is 7. The second-order valence-electron chi connectivity index (χ2n) is 17.1. The van der Waals surface area contributed by atoms with Crippen molar-refractivity contribution in [2.45, 2.75) is 180 Å². The summed E-state index contributed by atoms with van der Waals surface area (Å²) < 4.78 is 0. The Morgan fingerprint density at radius 3 is 1.00 bits per heavy atom. The number of carbonyl (C=O) groups is 8. The third-order valence-electron chi connectivity index (χ3n) is 10.2. The van der Waals surface area contributed by atoms with Crippen LogP contribution in [-0.2, 0) is 38.4 Å². The molecule has 7 amide bonds. The number of hydrogen-bond donors (Lipinski definition) is 13. The zero-order valence-electron chi connectivity index (χ0n) is 38.6. The first-order valence-electron chi connectivity index (χ1n) is 22.6. The fraction of sp³-hybridized carbons (Fsp3) is 0.810. The first-order valence-corrected chi connectivity index (χ1v) is 22.6. The van der Waals surface area contributed by atoms with E-state index in [1.54, 1.807) is 0 Å². The first-order chi connectivity index (χ1) is 29.7. The molecule has 0 aromatic rings. The third-order valence-corrected chi connectivity index (χ3v) is 10.2. The van der Waals surface area contributed by atoms with Crippen molar-refractivity contribution in [2.24, 2.45) is 40.5 Å². The van der Waals surface area contributed by atoms with Crippen molar-refractivity contribution in [3.63, 3.8) is 0 Å². The lowest BCUT2D eigenvalue weighted by Crippen LogP contribution is -2.59. The van der Waals surface area contributed by atoms with E-state index < -0.39 is 95.7 Å². The van der Waals surface area contributed by atoms with Crippen molar-refractivity contribution in [3.8, 4) is 0 Å². The van der Waals surface area contributed by atoms with Gasteiger partial charge in [-0.2, -0.15) is 0 Å². The molecule has 0 saturated carbocycles. The molecule has 0 heterocycles. The van der Waals surface area contributed by atoms with E-state index in [0.717, 1.165) is 0 Å². The zero-order valence-corrected chi connectivity index (χ0v) is 38.6. The second kappa shape index (κ2) is 33.1. The summed E-state index contributed by atoms with van der Waals surface area (Å²) in [4.78, 5) is 106. The molecule has 0 aliphatic carbocycles. The molecule has 21 nitrogen and oxygen atoms in total. The Balaban J connectivity index is 6.02. The van der Waals surface area contributed by atoms with Crippen molar-refractivity contribution in [1.29, 1.82) is 0 Å². The molecule has 0 bridgehead atoms. The summed E-state index contributed by atoms with van der Waals surface area (Å²) in [7, 11) is 0. The van der Waals surface area contributed by atoms with E-state index in [9.17, 15) is 43.5 Å². The third kappa shape index (κ3) is 25.4.